The predicted molar refractivity (Wildman–Crippen MR) is 123 cm³/mol. The van der Waals surface area contributed by atoms with Gasteiger partial charge in [0, 0.05) is 31.1 Å². The quantitative estimate of drug-likeness (QED) is 0.687. The van der Waals surface area contributed by atoms with Crippen molar-refractivity contribution in [2.75, 3.05) is 27.3 Å². The van der Waals surface area contributed by atoms with Crippen molar-refractivity contribution >= 4 is 11.8 Å². The Morgan fingerprint density at radius 3 is 2.28 bits per heavy atom. The predicted octanol–water partition coefficient (Wildman–Crippen LogP) is 3.55. The summed E-state index contributed by atoms with van der Waals surface area (Å²) in [5.74, 6) is 2.83. The van der Waals surface area contributed by atoms with Crippen LogP contribution < -0.4 is 14.8 Å². The first-order valence-electron chi connectivity index (χ1n) is 11.3. The zero-order valence-electron chi connectivity index (χ0n) is 19.0. The standard InChI is InChI=1S/C26H32N2O4/c1-17-14-24-22(23(17)16-27-26(30)19-6-10-21(32-3)11-7-19)15-25(29)28(24)13-12-18-4-8-20(31-2)9-5-18/h4-11,17,22-24H,12-16H2,1-3H3,(H,27,30)/t17-,22-,23+,24+/m0/s1. The van der Waals surface area contributed by atoms with Crippen molar-refractivity contribution in [2.45, 2.75) is 32.2 Å². The summed E-state index contributed by atoms with van der Waals surface area (Å²) >= 11 is 0. The number of rotatable bonds is 8. The number of benzene rings is 2. The molecule has 32 heavy (non-hydrogen) atoms. The summed E-state index contributed by atoms with van der Waals surface area (Å²) in [4.78, 5) is 27.5. The van der Waals surface area contributed by atoms with Gasteiger partial charge in [0.1, 0.15) is 11.5 Å². The number of nitrogens with one attached hydrogen (secondary N) is 1. The molecule has 2 aromatic carbocycles. The zero-order valence-corrected chi connectivity index (χ0v) is 19.0. The fourth-order valence-electron chi connectivity index (χ4n) is 5.33. The highest BCUT2D eigenvalue weighted by Gasteiger charge is 2.50. The first-order chi connectivity index (χ1) is 15.5. The maximum absolute atomic E-state index is 12.8. The molecule has 1 aliphatic heterocycles. The van der Waals surface area contributed by atoms with E-state index >= 15 is 0 Å². The summed E-state index contributed by atoms with van der Waals surface area (Å²) in [5, 5.41) is 3.10. The van der Waals surface area contributed by atoms with Crippen molar-refractivity contribution in [2.24, 2.45) is 17.8 Å². The van der Waals surface area contributed by atoms with Crippen LogP contribution in [0.15, 0.2) is 48.5 Å². The number of fused-ring (bicyclic) bond motifs is 1. The topological polar surface area (TPSA) is 67.9 Å². The van der Waals surface area contributed by atoms with Crippen LogP contribution in [0.3, 0.4) is 0 Å². The van der Waals surface area contributed by atoms with E-state index in [-0.39, 0.29) is 17.9 Å². The van der Waals surface area contributed by atoms with Crippen molar-refractivity contribution < 1.29 is 19.1 Å². The maximum Gasteiger partial charge on any atom is 0.251 e. The summed E-state index contributed by atoms with van der Waals surface area (Å²) in [6, 6.07) is 15.4. The number of hydrogen-bond acceptors (Lipinski definition) is 4. The molecule has 6 nitrogen and oxygen atoms in total. The van der Waals surface area contributed by atoms with Gasteiger partial charge < -0.3 is 19.7 Å². The van der Waals surface area contributed by atoms with Crippen LogP contribution in [0, 0.1) is 17.8 Å². The van der Waals surface area contributed by atoms with Crippen molar-refractivity contribution in [3.8, 4) is 11.5 Å². The van der Waals surface area contributed by atoms with Crippen LogP contribution in [0.25, 0.3) is 0 Å². The minimum atomic E-state index is -0.0796. The SMILES string of the molecule is COc1ccc(CCN2C(=O)C[C@H]3[C@H](CNC(=O)c4ccc(OC)cc4)[C@@H](C)C[C@H]32)cc1. The van der Waals surface area contributed by atoms with Gasteiger partial charge >= 0.3 is 0 Å². The van der Waals surface area contributed by atoms with Crippen molar-refractivity contribution in [1.29, 1.82) is 0 Å². The van der Waals surface area contributed by atoms with E-state index in [0.717, 1.165) is 30.9 Å². The second kappa shape index (κ2) is 9.63. The van der Waals surface area contributed by atoms with Crippen LogP contribution >= 0.6 is 0 Å². The van der Waals surface area contributed by atoms with Crippen LogP contribution in [0.2, 0.25) is 0 Å². The molecule has 0 bridgehead atoms. The van der Waals surface area contributed by atoms with E-state index < -0.39 is 0 Å². The second-order valence-electron chi connectivity index (χ2n) is 8.94. The number of likely N-dealkylation sites (tertiary alicyclic amines) is 1. The zero-order chi connectivity index (χ0) is 22.7. The summed E-state index contributed by atoms with van der Waals surface area (Å²) in [7, 11) is 3.27. The molecule has 1 heterocycles. The molecule has 2 amide bonds. The number of amides is 2. The molecule has 6 heteroatoms. The largest absolute Gasteiger partial charge is 0.497 e. The number of carbonyl (C=O) groups excluding carboxylic acids is 2. The van der Waals surface area contributed by atoms with Crippen molar-refractivity contribution in [3.63, 3.8) is 0 Å². The van der Waals surface area contributed by atoms with Gasteiger partial charge in [-0.3, -0.25) is 9.59 Å². The molecule has 0 aromatic heterocycles. The lowest BCUT2D eigenvalue weighted by atomic mass is 9.88. The smallest absolute Gasteiger partial charge is 0.251 e. The molecular weight excluding hydrogens is 404 g/mol. The lowest BCUT2D eigenvalue weighted by Gasteiger charge is -2.24. The normalized spacial score (nSPS) is 24.3. The van der Waals surface area contributed by atoms with Crippen LogP contribution in [0.4, 0.5) is 0 Å². The molecule has 0 radical (unpaired) electrons. The summed E-state index contributed by atoms with van der Waals surface area (Å²) in [6.45, 7) is 3.59. The minimum Gasteiger partial charge on any atom is -0.497 e. The Hall–Kier alpha value is -3.02. The molecule has 1 N–H and O–H groups in total. The van der Waals surface area contributed by atoms with Gasteiger partial charge in [0.15, 0.2) is 0 Å². The Kier molecular flexibility index (Phi) is 6.68. The molecule has 1 aliphatic carbocycles. The van der Waals surface area contributed by atoms with E-state index in [4.69, 9.17) is 9.47 Å². The van der Waals surface area contributed by atoms with E-state index in [1.54, 1.807) is 38.5 Å². The van der Waals surface area contributed by atoms with E-state index in [1.165, 1.54) is 5.56 Å². The summed E-state index contributed by atoms with van der Waals surface area (Å²) < 4.78 is 10.4. The Labute approximate surface area is 189 Å². The first-order valence-corrected chi connectivity index (χ1v) is 11.3. The molecule has 1 saturated carbocycles. The molecule has 1 saturated heterocycles. The maximum atomic E-state index is 12.8. The molecule has 0 unspecified atom stereocenters. The first kappa shape index (κ1) is 22.2. The number of hydrogen-bond donors (Lipinski definition) is 1. The average molecular weight is 437 g/mol. The van der Waals surface area contributed by atoms with Gasteiger partial charge in [-0.2, -0.15) is 0 Å². The van der Waals surface area contributed by atoms with Gasteiger partial charge in [-0.05, 0) is 72.6 Å². The lowest BCUT2D eigenvalue weighted by Crippen LogP contribution is -2.36. The summed E-state index contributed by atoms with van der Waals surface area (Å²) in [6.07, 6.45) is 2.43. The fraction of sp³-hybridized carbons (Fsp3) is 0.462. The minimum absolute atomic E-state index is 0.0796. The van der Waals surface area contributed by atoms with Gasteiger partial charge in [-0.15, -0.1) is 0 Å². The Balaban J connectivity index is 1.34. The molecule has 170 valence electrons. The third-order valence-electron chi connectivity index (χ3n) is 7.17. The van der Waals surface area contributed by atoms with Gasteiger partial charge in [0.2, 0.25) is 5.91 Å². The molecule has 2 aromatic rings. The van der Waals surface area contributed by atoms with E-state index in [2.05, 4.69) is 29.3 Å². The Bertz CT molecular complexity index is 941. The van der Waals surface area contributed by atoms with Crippen LogP contribution in [-0.4, -0.2) is 50.1 Å². The van der Waals surface area contributed by atoms with Crippen LogP contribution in [-0.2, 0) is 11.2 Å². The van der Waals surface area contributed by atoms with Gasteiger partial charge in [0.25, 0.3) is 5.91 Å². The Morgan fingerprint density at radius 1 is 1.03 bits per heavy atom. The lowest BCUT2D eigenvalue weighted by molar-refractivity contribution is -0.129. The number of nitrogens with zero attached hydrogens (tertiary/aromatic N) is 1. The van der Waals surface area contributed by atoms with E-state index in [1.807, 2.05) is 12.1 Å². The average Bonchev–Trinajstić information content (AvgIpc) is 3.28. The molecule has 4 atom stereocenters. The molecule has 0 spiro atoms. The monoisotopic (exact) mass is 436 g/mol. The Morgan fingerprint density at radius 2 is 1.66 bits per heavy atom. The van der Waals surface area contributed by atoms with Gasteiger partial charge in [-0.1, -0.05) is 19.1 Å². The highest BCUT2D eigenvalue weighted by atomic mass is 16.5. The van der Waals surface area contributed by atoms with E-state index in [9.17, 15) is 9.59 Å². The number of ether oxygens (including phenoxy) is 2. The third kappa shape index (κ3) is 4.59. The highest BCUT2D eigenvalue weighted by molar-refractivity contribution is 5.94. The molecule has 2 aliphatic rings. The molecule has 2 fully saturated rings. The number of carbonyl (C=O) groups is 2. The van der Waals surface area contributed by atoms with Crippen LogP contribution in [0.5, 0.6) is 11.5 Å². The summed E-state index contributed by atoms with van der Waals surface area (Å²) in [5.41, 5.74) is 1.83. The molecule has 4 rings (SSSR count). The van der Waals surface area contributed by atoms with Gasteiger partial charge in [-0.25, -0.2) is 0 Å². The van der Waals surface area contributed by atoms with Crippen molar-refractivity contribution in [3.05, 3.63) is 59.7 Å². The van der Waals surface area contributed by atoms with Gasteiger partial charge in [0.05, 0.1) is 14.2 Å². The fourth-order valence-corrected chi connectivity index (χ4v) is 5.33. The van der Waals surface area contributed by atoms with E-state index in [0.29, 0.717) is 36.3 Å². The highest BCUT2D eigenvalue weighted by Crippen LogP contribution is 2.45. The second-order valence-corrected chi connectivity index (χ2v) is 8.94. The third-order valence-corrected chi connectivity index (χ3v) is 7.17. The van der Waals surface area contributed by atoms with Crippen molar-refractivity contribution in [1.82, 2.24) is 10.2 Å². The number of methoxy groups -OCH3 is 2. The molecular formula is C26H32N2O4. The van der Waals surface area contributed by atoms with Crippen LogP contribution in [0.1, 0.15) is 35.7 Å².